The quantitative estimate of drug-likeness (QED) is 0.860. The minimum absolute atomic E-state index is 0.0131. The number of nitrogens with zero attached hydrogens (tertiary/aromatic N) is 1. The first kappa shape index (κ1) is 13.3. The van der Waals surface area contributed by atoms with Gasteiger partial charge in [-0.05, 0) is 25.3 Å². The summed E-state index contributed by atoms with van der Waals surface area (Å²) >= 11 is 0. The lowest BCUT2D eigenvalue weighted by Gasteiger charge is -2.25. The van der Waals surface area contributed by atoms with Crippen LogP contribution >= 0.6 is 0 Å². The topological polar surface area (TPSA) is 57.8 Å². The lowest BCUT2D eigenvalue weighted by atomic mass is 9.82. The standard InChI is InChI=1S/C14H23N3O/c1-3-15-8-12-9-16-13(17-14(12)18)11-6-4-5-10(2)7-11/h9-11,15H,3-8H2,1-2H3,(H,16,17,18). The third kappa shape index (κ3) is 3.19. The van der Waals surface area contributed by atoms with E-state index < -0.39 is 0 Å². The van der Waals surface area contributed by atoms with E-state index >= 15 is 0 Å². The van der Waals surface area contributed by atoms with E-state index in [9.17, 15) is 4.79 Å². The summed E-state index contributed by atoms with van der Waals surface area (Å²) in [6.45, 7) is 5.77. The predicted molar refractivity (Wildman–Crippen MR) is 72.6 cm³/mol. The minimum Gasteiger partial charge on any atom is -0.313 e. The van der Waals surface area contributed by atoms with Crippen LogP contribution in [0.15, 0.2) is 11.0 Å². The maximum Gasteiger partial charge on any atom is 0.255 e. The summed E-state index contributed by atoms with van der Waals surface area (Å²) < 4.78 is 0. The Kier molecular flexibility index (Phi) is 4.53. The van der Waals surface area contributed by atoms with Crippen molar-refractivity contribution in [2.75, 3.05) is 6.54 Å². The van der Waals surface area contributed by atoms with Gasteiger partial charge in [0, 0.05) is 24.2 Å². The molecule has 4 heteroatoms. The van der Waals surface area contributed by atoms with Crippen molar-refractivity contribution in [2.45, 2.75) is 52.0 Å². The van der Waals surface area contributed by atoms with E-state index in [-0.39, 0.29) is 5.56 Å². The first-order valence-electron chi connectivity index (χ1n) is 6.99. The second-order valence-corrected chi connectivity index (χ2v) is 5.37. The Labute approximate surface area is 108 Å². The molecule has 0 amide bonds. The summed E-state index contributed by atoms with van der Waals surface area (Å²) in [5.74, 6) is 2.07. The van der Waals surface area contributed by atoms with Crippen LogP contribution in [0.2, 0.25) is 0 Å². The van der Waals surface area contributed by atoms with Crippen LogP contribution in [0.4, 0.5) is 0 Å². The van der Waals surface area contributed by atoms with Crippen molar-refractivity contribution in [1.82, 2.24) is 15.3 Å². The van der Waals surface area contributed by atoms with E-state index in [1.165, 1.54) is 12.8 Å². The Bertz CT molecular complexity index is 441. The molecule has 1 fully saturated rings. The molecule has 2 N–H and O–H groups in total. The molecule has 1 aliphatic carbocycles. The number of aromatic nitrogens is 2. The second-order valence-electron chi connectivity index (χ2n) is 5.37. The zero-order valence-corrected chi connectivity index (χ0v) is 11.3. The molecule has 1 aromatic heterocycles. The van der Waals surface area contributed by atoms with Crippen molar-refractivity contribution >= 4 is 0 Å². The van der Waals surface area contributed by atoms with Crippen LogP contribution in [-0.2, 0) is 6.54 Å². The molecule has 0 spiro atoms. The fourth-order valence-corrected chi connectivity index (χ4v) is 2.71. The molecule has 0 saturated heterocycles. The Morgan fingerprint density at radius 3 is 3.00 bits per heavy atom. The number of aromatic amines is 1. The number of rotatable bonds is 4. The van der Waals surface area contributed by atoms with E-state index in [1.54, 1.807) is 6.20 Å². The molecule has 1 saturated carbocycles. The highest BCUT2D eigenvalue weighted by atomic mass is 16.1. The Hall–Kier alpha value is -1.16. The van der Waals surface area contributed by atoms with Crippen LogP contribution in [-0.4, -0.2) is 16.5 Å². The summed E-state index contributed by atoms with van der Waals surface area (Å²) in [6, 6.07) is 0. The number of H-pyrrole nitrogens is 1. The lowest BCUT2D eigenvalue weighted by molar-refractivity contribution is 0.334. The molecule has 0 radical (unpaired) electrons. The van der Waals surface area contributed by atoms with E-state index in [0.29, 0.717) is 12.5 Å². The van der Waals surface area contributed by atoms with Crippen molar-refractivity contribution < 1.29 is 0 Å². The molecule has 18 heavy (non-hydrogen) atoms. The molecular weight excluding hydrogens is 226 g/mol. The maximum atomic E-state index is 11.9. The molecule has 1 heterocycles. The Morgan fingerprint density at radius 1 is 1.50 bits per heavy atom. The summed E-state index contributed by atoms with van der Waals surface area (Å²) in [6.07, 6.45) is 6.58. The van der Waals surface area contributed by atoms with E-state index in [0.717, 1.165) is 36.7 Å². The van der Waals surface area contributed by atoms with Gasteiger partial charge in [0.15, 0.2) is 0 Å². The van der Waals surface area contributed by atoms with Crippen LogP contribution in [0.5, 0.6) is 0 Å². The molecule has 2 unspecified atom stereocenters. The number of hydrogen-bond acceptors (Lipinski definition) is 3. The van der Waals surface area contributed by atoms with Crippen LogP contribution in [0.1, 0.15) is 56.8 Å². The molecule has 2 rings (SSSR count). The van der Waals surface area contributed by atoms with Crippen LogP contribution in [0, 0.1) is 5.92 Å². The van der Waals surface area contributed by atoms with Gasteiger partial charge < -0.3 is 10.3 Å². The third-order valence-corrected chi connectivity index (χ3v) is 3.78. The first-order chi connectivity index (χ1) is 8.70. The van der Waals surface area contributed by atoms with Gasteiger partial charge in [-0.1, -0.05) is 26.7 Å². The monoisotopic (exact) mass is 249 g/mol. The fraction of sp³-hybridized carbons (Fsp3) is 0.714. The van der Waals surface area contributed by atoms with Crippen molar-refractivity contribution in [1.29, 1.82) is 0 Å². The zero-order valence-electron chi connectivity index (χ0n) is 11.3. The summed E-state index contributed by atoms with van der Waals surface area (Å²) in [4.78, 5) is 19.4. The molecule has 1 aliphatic rings. The highest BCUT2D eigenvalue weighted by molar-refractivity contribution is 5.08. The Balaban J connectivity index is 2.10. The zero-order chi connectivity index (χ0) is 13.0. The fourth-order valence-electron chi connectivity index (χ4n) is 2.71. The highest BCUT2D eigenvalue weighted by Crippen LogP contribution is 2.33. The first-order valence-corrected chi connectivity index (χ1v) is 6.99. The Morgan fingerprint density at radius 2 is 2.33 bits per heavy atom. The smallest absolute Gasteiger partial charge is 0.255 e. The molecule has 4 nitrogen and oxygen atoms in total. The summed E-state index contributed by atoms with van der Waals surface area (Å²) in [5.41, 5.74) is 0.739. The van der Waals surface area contributed by atoms with Gasteiger partial charge in [-0.25, -0.2) is 4.98 Å². The van der Waals surface area contributed by atoms with Crippen LogP contribution in [0.25, 0.3) is 0 Å². The number of hydrogen-bond donors (Lipinski definition) is 2. The number of nitrogens with one attached hydrogen (secondary N) is 2. The molecular formula is C14H23N3O. The van der Waals surface area contributed by atoms with Crippen LogP contribution in [0.3, 0.4) is 0 Å². The molecule has 1 aromatic rings. The van der Waals surface area contributed by atoms with Crippen LogP contribution < -0.4 is 10.9 Å². The largest absolute Gasteiger partial charge is 0.313 e. The van der Waals surface area contributed by atoms with E-state index in [2.05, 4.69) is 22.2 Å². The van der Waals surface area contributed by atoms with Gasteiger partial charge >= 0.3 is 0 Å². The van der Waals surface area contributed by atoms with Gasteiger partial charge in [0.25, 0.3) is 5.56 Å². The van der Waals surface area contributed by atoms with E-state index in [4.69, 9.17) is 0 Å². The lowest BCUT2D eigenvalue weighted by Crippen LogP contribution is -2.24. The summed E-state index contributed by atoms with van der Waals surface area (Å²) in [7, 11) is 0. The third-order valence-electron chi connectivity index (χ3n) is 3.78. The molecule has 0 aliphatic heterocycles. The van der Waals surface area contributed by atoms with Gasteiger partial charge in [0.05, 0.1) is 0 Å². The van der Waals surface area contributed by atoms with Crippen molar-refractivity contribution in [2.24, 2.45) is 5.92 Å². The van der Waals surface area contributed by atoms with Gasteiger partial charge in [0.2, 0.25) is 0 Å². The molecule has 100 valence electrons. The van der Waals surface area contributed by atoms with Crippen molar-refractivity contribution in [3.05, 3.63) is 27.9 Å². The average Bonchev–Trinajstić information content (AvgIpc) is 2.37. The second kappa shape index (κ2) is 6.14. The SMILES string of the molecule is CCNCc1cnc(C2CCCC(C)C2)[nH]c1=O. The van der Waals surface area contributed by atoms with Crippen molar-refractivity contribution in [3.63, 3.8) is 0 Å². The van der Waals surface area contributed by atoms with Gasteiger partial charge in [-0.3, -0.25) is 4.79 Å². The van der Waals surface area contributed by atoms with Gasteiger partial charge in [-0.15, -0.1) is 0 Å². The molecule has 0 bridgehead atoms. The highest BCUT2D eigenvalue weighted by Gasteiger charge is 2.22. The predicted octanol–water partition coefficient (Wildman–Crippen LogP) is 2.17. The minimum atomic E-state index is 0.0131. The molecule has 0 aromatic carbocycles. The van der Waals surface area contributed by atoms with Gasteiger partial charge in [0.1, 0.15) is 5.82 Å². The van der Waals surface area contributed by atoms with Crippen molar-refractivity contribution in [3.8, 4) is 0 Å². The van der Waals surface area contributed by atoms with E-state index in [1.807, 2.05) is 6.92 Å². The average molecular weight is 249 g/mol. The summed E-state index contributed by atoms with van der Waals surface area (Å²) in [5, 5.41) is 3.15. The normalized spacial score (nSPS) is 24.1. The maximum absolute atomic E-state index is 11.9. The molecule has 2 atom stereocenters. The van der Waals surface area contributed by atoms with Gasteiger partial charge in [-0.2, -0.15) is 0 Å².